The molecule has 0 aliphatic carbocycles. The summed E-state index contributed by atoms with van der Waals surface area (Å²) >= 11 is 3.37. The zero-order valence-corrected chi connectivity index (χ0v) is 12.0. The number of rotatable bonds is 2. The van der Waals surface area contributed by atoms with Crippen LogP contribution in [0.4, 0.5) is 5.69 Å². The van der Waals surface area contributed by atoms with Crippen molar-refractivity contribution < 1.29 is 8.42 Å². The lowest BCUT2D eigenvalue weighted by Crippen LogP contribution is -2.41. The van der Waals surface area contributed by atoms with Crippen molar-refractivity contribution in [1.29, 1.82) is 0 Å². The molecular formula is C11H15BrN2O2S. The zero-order valence-electron chi connectivity index (χ0n) is 9.56. The van der Waals surface area contributed by atoms with E-state index >= 15 is 0 Å². The monoisotopic (exact) mass is 318 g/mol. The van der Waals surface area contributed by atoms with Gasteiger partial charge in [-0.25, -0.2) is 8.42 Å². The van der Waals surface area contributed by atoms with Gasteiger partial charge >= 0.3 is 0 Å². The van der Waals surface area contributed by atoms with Crippen molar-refractivity contribution in [3.8, 4) is 0 Å². The maximum atomic E-state index is 11.9. The van der Waals surface area contributed by atoms with Crippen molar-refractivity contribution in [1.82, 2.24) is 0 Å². The summed E-state index contributed by atoms with van der Waals surface area (Å²) in [5.41, 5.74) is 6.54. The third kappa shape index (κ3) is 2.64. The van der Waals surface area contributed by atoms with Crippen LogP contribution in [0.3, 0.4) is 0 Å². The lowest BCUT2D eigenvalue weighted by Gasteiger charge is -2.32. The zero-order chi connectivity index (χ0) is 12.6. The van der Waals surface area contributed by atoms with Crippen molar-refractivity contribution in [2.75, 3.05) is 23.7 Å². The first-order valence-electron chi connectivity index (χ1n) is 5.43. The van der Waals surface area contributed by atoms with Gasteiger partial charge in [0.1, 0.15) is 0 Å². The lowest BCUT2D eigenvalue weighted by atomic mass is 10.2. The van der Waals surface area contributed by atoms with E-state index in [2.05, 4.69) is 15.9 Å². The van der Waals surface area contributed by atoms with Crippen LogP contribution in [0.25, 0.3) is 0 Å². The molecule has 1 aromatic carbocycles. The molecule has 1 heterocycles. The number of hydrogen-bond donors (Lipinski definition) is 1. The highest BCUT2D eigenvalue weighted by molar-refractivity contribution is 9.10. The smallest absolute Gasteiger partial charge is 0.182 e. The van der Waals surface area contributed by atoms with Crippen LogP contribution in [-0.2, 0) is 9.84 Å². The molecule has 1 aliphatic heterocycles. The molecule has 0 radical (unpaired) electrons. The van der Waals surface area contributed by atoms with Gasteiger partial charge in [0, 0.05) is 23.6 Å². The number of benzene rings is 1. The average Bonchev–Trinajstić information content (AvgIpc) is 2.22. The highest BCUT2D eigenvalue weighted by atomic mass is 79.9. The van der Waals surface area contributed by atoms with Crippen LogP contribution < -0.4 is 10.6 Å². The molecular weight excluding hydrogens is 304 g/mol. The van der Waals surface area contributed by atoms with Crippen LogP contribution in [0.5, 0.6) is 0 Å². The second-order valence-electron chi connectivity index (χ2n) is 4.35. The van der Waals surface area contributed by atoms with Gasteiger partial charge in [0.05, 0.1) is 16.3 Å². The van der Waals surface area contributed by atoms with Crippen LogP contribution in [0.15, 0.2) is 27.6 Å². The number of hydrogen-bond acceptors (Lipinski definition) is 4. The van der Waals surface area contributed by atoms with Crippen molar-refractivity contribution in [3.05, 3.63) is 22.7 Å². The van der Waals surface area contributed by atoms with E-state index in [1.165, 1.54) is 0 Å². The molecule has 0 fully saturated rings. The molecule has 2 rings (SSSR count). The minimum Gasteiger partial charge on any atom is -0.368 e. The van der Waals surface area contributed by atoms with Gasteiger partial charge in [-0.15, -0.1) is 0 Å². The second-order valence-corrected chi connectivity index (χ2v) is 7.35. The molecule has 2 N–H and O–H groups in total. The summed E-state index contributed by atoms with van der Waals surface area (Å²) in [4.78, 5) is 2.44. The van der Waals surface area contributed by atoms with Gasteiger partial charge in [-0.1, -0.05) is 15.9 Å². The topological polar surface area (TPSA) is 63.4 Å². The molecule has 1 aromatic rings. The highest BCUT2D eigenvalue weighted by Crippen LogP contribution is 2.32. The summed E-state index contributed by atoms with van der Waals surface area (Å²) in [6.07, 6.45) is 0. The predicted molar refractivity (Wildman–Crippen MR) is 72.1 cm³/mol. The molecule has 0 saturated carbocycles. The molecule has 0 aromatic heterocycles. The van der Waals surface area contributed by atoms with Gasteiger partial charge < -0.3 is 10.6 Å². The number of halogens is 1. The summed E-state index contributed by atoms with van der Waals surface area (Å²) in [5, 5.41) is 0. The van der Waals surface area contributed by atoms with Crippen LogP contribution in [-0.4, -0.2) is 33.3 Å². The quantitative estimate of drug-likeness (QED) is 0.895. The molecule has 4 nitrogen and oxygen atoms in total. The molecule has 0 spiro atoms. The number of nitrogens with zero attached hydrogens (tertiary/aromatic N) is 1. The molecule has 0 saturated heterocycles. The summed E-state index contributed by atoms with van der Waals surface area (Å²) in [7, 11) is -3.13. The molecule has 94 valence electrons. The fraction of sp³-hybridized carbons (Fsp3) is 0.455. The van der Waals surface area contributed by atoms with E-state index in [0.717, 1.165) is 10.2 Å². The van der Waals surface area contributed by atoms with Crippen molar-refractivity contribution in [3.63, 3.8) is 0 Å². The Balaban J connectivity index is 2.49. The fourth-order valence-electron chi connectivity index (χ4n) is 2.00. The summed E-state index contributed by atoms with van der Waals surface area (Å²) in [6, 6.07) is 5.27. The van der Waals surface area contributed by atoms with Crippen molar-refractivity contribution in [2.45, 2.75) is 17.9 Å². The van der Waals surface area contributed by atoms with Crippen LogP contribution >= 0.6 is 15.9 Å². The van der Waals surface area contributed by atoms with E-state index in [1.807, 2.05) is 17.9 Å². The normalized spacial score (nSPS) is 19.8. The maximum absolute atomic E-state index is 11.9. The van der Waals surface area contributed by atoms with E-state index in [0.29, 0.717) is 18.0 Å². The SMILES string of the molecule is CC(N)CN1CCS(=O)(=O)c2ccc(Br)cc21. The third-order valence-corrected chi connectivity index (χ3v) is 4.96. The van der Waals surface area contributed by atoms with E-state index < -0.39 is 9.84 Å². The largest absolute Gasteiger partial charge is 0.368 e. The number of fused-ring (bicyclic) bond motifs is 1. The average molecular weight is 319 g/mol. The standard InChI is InChI=1S/C11H15BrN2O2S/c1-8(13)7-14-4-5-17(15,16)11-3-2-9(12)6-10(11)14/h2-3,6,8H,4-5,7,13H2,1H3. The van der Waals surface area contributed by atoms with Gasteiger partial charge in [-0.2, -0.15) is 0 Å². The number of sulfone groups is 1. The molecule has 6 heteroatoms. The summed E-state index contributed by atoms with van der Waals surface area (Å²) < 4.78 is 24.8. The third-order valence-electron chi connectivity index (χ3n) is 2.74. The first-order valence-corrected chi connectivity index (χ1v) is 7.87. The fourth-order valence-corrected chi connectivity index (χ4v) is 3.81. The first kappa shape index (κ1) is 12.9. The van der Waals surface area contributed by atoms with Crippen molar-refractivity contribution in [2.24, 2.45) is 5.73 Å². The van der Waals surface area contributed by atoms with Crippen LogP contribution in [0.1, 0.15) is 6.92 Å². The van der Waals surface area contributed by atoms with E-state index in [4.69, 9.17) is 5.73 Å². The molecule has 1 unspecified atom stereocenters. The summed E-state index contributed by atoms with van der Waals surface area (Å²) in [6.45, 7) is 3.09. The predicted octanol–water partition coefficient (Wildman–Crippen LogP) is 1.39. The minimum atomic E-state index is -3.13. The van der Waals surface area contributed by atoms with Gasteiger partial charge in [0.25, 0.3) is 0 Å². The first-order chi connectivity index (χ1) is 7.90. The lowest BCUT2D eigenvalue weighted by molar-refractivity contribution is 0.585. The van der Waals surface area contributed by atoms with E-state index in [1.54, 1.807) is 12.1 Å². The minimum absolute atomic E-state index is 0.0163. The highest BCUT2D eigenvalue weighted by Gasteiger charge is 2.28. The van der Waals surface area contributed by atoms with Crippen LogP contribution in [0.2, 0.25) is 0 Å². The Bertz CT molecular complexity index is 528. The van der Waals surface area contributed by atoms with E-state index in [9.17, 15) is 8.42 Å². The van der Waals surface area contributed by atoms with Gasteiger partial charge in [-0.05, 0) is 25.1 Å². The molecule has 0 amide bonds. The Hall–Kier alpha value is -0.590. The molecule has 0 bridgehead atoms. The van der Waals surface area contributed by atoms with Crippen LogP contribution in [0, 0.1) is 0 Å². The Labute approximate surface area is 110 Å². The molecule has 1 atom stereocenters. The Kier molecular flexibility index (Phi) is 3.47. The molecule has 1 aliphatic rings. The van der Waals surface area contributed by atoms with Gasteiger partial charge in [0.2, 0.25) is 0 Å². The summed E-state index contributed by atoms with van der Waals surface area (Å²) in [5.74, 6) is 0.161. The number of anilines is 1. The van der Waals surface area contributed by atoms with Gasteiger partial charge in [0.15, 0.2) is 9.84 Å². The van der Waals surface area contributed by atoms with E-state index in [-0.39, 0.29) is 11.8 Å². The number of nitrogens with two attached hydrogens (primary N) is 1. The molecule has 17 heavy (non-hydrogen) atoms. The Morgan fingerprint density at radius 3 is 2.88 bits per heavy atom. The Morgan fingerprint density at radius 1 is 1.53 bits per heavy atom. The van der Waals surface area contributed by atoms with Gasteiger partial charge in [-0.3, -0.25) is 0 Å². The Morgan fingerprint density at radius 2 is 2.24 bits per heavy atom. The maximum Gasteiger partial charge on any atom is 0.182 e. The second kappa shape index (κ2) is 4.59. The van der Waals surface area contributed by atoms with Crippen molar-refractivity contribution >= 4 is 31.5 Å².